The largest absolute Gasteiger partial charge is 0.369 e. The first-order chi connectivity index (χ1) is 9.69. The molecule has 0 fully saturated rings. The number of rotatable bonds is 7. The lowest BCUT2D eigenvalue weighted by Crippen LogP contribution is -2.09. The topological polar surface area (TPSA) is 59.0 Å². The van der Waals surface area contributed by atoms with Crippen LogP contribution in [0.5, 0.6) is 0 Å². The average Bonchev–Trinajstić information content (AvgIpc) is 2.32. The molecule has 0 radical (unpaired) electrons. The summed E-state index contributed by atoms with van der Waals surface area (Å²) >= 11 is 0. The molecule has 0 bridgehead atoms. The van der Waals surface area contributed by atoms with E-state index in [0.29, 0.717) is 18.5 Å². The summed E-state index contributed by atoms with van der Waals surface area (Å²) in [6.07, 6.45) is 2.81. The molecule has 0 aliphatic heterocycles. The highest BCUT2D eigenvalue weighted by atomic mass is 32.2. The van der Waals surface area contributed by atoms with Crippen LogP contribution in [0.2, 0.25) is 0 Å². The lowest BCUT2D eigenvalue weighted by atomic mass is 10.1. The van der Waals surface area contributed by atoms with Crippen molar-refractivity contribution in [2.75, 3.05) is 26.9 Å². The van der Waals surface area contributed by atoms with Crippen LogP contribution in [0.25, 0.3) is 0 Å². The fraction of sp³-hybridized carbons (Fsp3) is 0.462. The van der Waals surface area contributed by atoms with E-state index in [0.717, 1.165) is 18.4 Å². The normalized spacial score (nSPS) is 12.0. The standard InChI is InChI=1S/C13H18F2N2O3S/c1-17(2)9-16-5-4-10-6-12(14)11(13(15)7-10)8-20-21(3,18)19/h6-7,9H,4-5,8H2,1-3H3. The smallest absolute Gasteiger partial charge is 0.264 e. The van der Waals surface area contributed by atoms with Crippen molar-refractivity contribution in [3.8, 4) is 0 Å². The van der Waals surface area contributed by atoms with Gasteiger partial charge in [-0.2, -0.15) is 8.42 Å². The molecule has 118 valence electrons. The number of aliphatic imine (C=N–C) groups is 1. The maximum absolute atomic E-state index is 13.8. The molecular formula is C13H18F2N2O3S. The monoisotopic (exact) mass is 320 g/mol. The minimum absolute atomic E-state index is 0.380. The molecular weight excluding hydrogens is 302 g/mol. The third-order valence-electron chi connectivity index (χ3n) is 2.46. The predicted molar refractivity (Wildman–Crippen MR) is 76.7 cm³/mol. The van der Waals surface area contributed by atoms with Crippen molar-refractivity contribution in [1.82, 2.24) is 4.90 Å². The van der Waals surface area contributed by atoms with E-state index >= 15 is 0 Å². The highest BCUT2D eigenvalue weighted by molar-refractivity contribution is 7.85. The van der Waals surface area contributed by atoms with E-state index in [9.17, 15) is 17.2 Å². The molecule has 0 unspecified atom stereocenters. The molecule has 1 aromatic rings. The van der Waals surface area contributed by atoms with Crippen LogP contribution in [0, 0.1) is 11.6 Å². The van der Waals surface area contributed by atoms with Gasteiger partial charge in [0.2, 0.25) is 0 Å². The highest BCUT2D eigenvalue weighted by Crippen LogP contribution is 2.17. The minimum Gasteiger partial charge on any atom is -0.369 e. The summed E-state index contributed by atoms with van der Waals surface area (Å²) in [6.45, 7) is -0.258. The number of hydrogen-bond acceptors (Lipinski definition) is 4. The van der Waals surface area contributed by atoms with Crippen LogP contribution in [-0.2, 0) is 27.3 Å². The molecule has 0 saturated carbocycles. The van der Waals surface area contributed by atoms with Gasteiger partial charge >= 0.3 is 0 Å². The molecule has 0 N–H and O–H groups in total. The van der Waals surface area contributed by atoms with E-state index in [4.69, 9.17) is 0 Å². The van der Waals surface area contributed by atoms with Crippen molar-refractivity contribution in [2.24, 2.45) is 4.99 Å². The van der Waals surface area contributed by atoms with Crippen LogP contribution in [0.1, 0.15) is 11.1 Å². The van der Waals surface area contributed by atoms with Crippen LogP contribution < -0.4 is 0 Å². The zero-order chi connectivity index (χ0) is 16.0. The van der Waals surface area contributed by atoms with Gasteiger partial charge in [-0.3, -0.25) is 9.18 Å². The third kappa shape index (κ3) is 6.63. The van der Waals surface area contributed by atoms with Crippen molar-refractivity contribution in [3.05, 3.63) is 34.9 Å². The van der Waals surface area contributed by atoms with Crippen molar-refractivity contribution >= 4 is 16.5 Å². The molecule has 0 amide bonds. The number of halogens is 2. The second-order valence-corrected chi connectivity index (χ2v) is 6.38. The van der Waals surface area contributed by atoms with E-state index in [1.165, 1.54) is 0 Å². The number of benzene rings is 1. The van der Waals surface area contributed by atoms with Crippen molar-refractivity contribution < 1.29 is 21.4 Å². The van der Waals surface area contributed by atoms with E-state index < -0.39 is 33.9 Å². The van der Waals surface area contributed by atoms with Gasteiger partial charge in [0.15, 0.2) is 0 Å². The Bertz CT molecular complexity index is 593. The van der Waals surface area contributed by atoms with Crippen LogP contribution in [0.3, 0.4) is 0 Å². The first kappa shape index (κ1) is 17.5. The summed E-state index contributed by atoms with van der Waals surface area (Å²) < 4.78 is 53.6. The molecule has 5 nitrogen and oxygen atoms in total. The molecule has 0 saturated heterocycles. The van der Waals surface area contributed by atoms with Gasteiger partial charge in [0.25, 0.3) is 10.1 Å². The van der Waals surface area contributed by atoms with Crippen molar-refractivity contribution in [3.63, 3.8) is 0 Å². The van der Waals surface area contributed by atoms with Crippen LogP contribution in [-0.4, -0.2) is 46.6 Å². The average molecular weight is 320 g/mol. The maximum atomic E-state index is 13.8. The first-order valence-electron chi connectivity index (χ1n) is 6.16. The Morgan fingerprint density at radius 3 is 2.33 bits per heavy atom. The fourth-order valence-corrected chi connectivity index (χ4v) is 1.85. The summed E-state index contributed by atoms with van der Waals surface area (Å²) in [5, 5.41) is 0. The molecule has 1 aromatic carbocycles. The Morgan fingerprint density at radius 2 is 1.86 bits per heavy atom. The SMILES string of the molecule is CN(C)C=NCCc1cc(F)c(COS(C)(=O)=O)c(F)c1. The molecule has 21 heavy (non-hydrogen) atoms. The molecule has 0 heterocycles. The summed E-state index contributed by atoms with van der Waals surface area (Å²) in [4.78, 5) is 5.83. The van der Waals surface area contributed by atoms with Gasteiger partial charge < -0.3 is 4.90 Å². The Hall–Kier alpha value is -1.54. The summed E-state index contributed by atoms with van der Waals surface area (Å²) in [6, 6.07) is 2.32. The van der Waals surface area contributed by atoms with Crippen LogP contribution >= 0.6 is 0 Å². The van der Waals surface area contributed by atoms with Crippen molar-refractivity contribution in [1.29, 1.82) is 0 Å². The van der Waals surface area contributed by atoms with Gasteiger partial charge in [0.1, 0.15) is 11.6 Å². The Balaban J connectivity index is 2.75. The van der Waals surface area contributed by atoms with Gasteiger partial charge in [-0.25, -0.2) is 8.78 Å². The second-order valence-electron chi connectivity index (χ2n) is 4.74. The highest BCUT2D eigenvalue weighted by Gasteiger charge is 2.14. The predicted octanol–water partition coefficient (Wildman–Crippen LogP) is 1.57. The molecule has 1 rings (SSSR count). The lowest BCUT2D eigenvalue weighted by Gasteiger charge is -2.08. The van der Waals surface area contributed by atoms with Gasteiger partial charge in [0.05, 0.1) is 24.8 Å². The second kappa shape index (κ2) is 7.46. The molecule has 0 aromatic heterocycles. The minimum atomic E-state index is -3.75. The molecule has 0 spiro atoms. The quantitative estimate of drug-likeness (QED) is 0.435. The van der Waals surface area contributed by atoms with E-state index in [2.05, 4.69) is 9.18 Å². The van der Waals surface area contributed by atoms with Gasteiger partial charge in [-0.05, 0) is 24.1 Å². The van der Waals surface area contributed by atoms with Crippen LogP contribution in [0.15, 0.2) is 17.1 Å². The lowest BCUT2D eigenvalue weighted by molar-refractivity contribution is 0.299. The Morgan fingerprint density at radius 1 is 1.29 bits per heavy atom. The van der Waals surface area contributed by atoms with Gasteiger partial charge in [0, 0.05) is 20.6 Å². The zero-order valence-corrected chi connectivity index (χ0v) is 13.0. The molecule has 8 heteroatoms. The first-order valence-corrected chi connectivity index (χ1v) is 7.98. The van der Waals surface area contributed by atoms with Crippen LogP contribution in [0.4, 0.5) is 8.78 Å². The zero-order valence-electron chi connectivity index (χ0n) is 12.1. The van der Waals surface area contributed by atoms with Gasteiger partial charge in [-0.1, -0.05) is 0 Å². The van der Waals surface area contributed by atoms with Gasteiger partial charge in [-0.15, -0.1) is 0 Å². The summed E-state index contributed by atoms with van der Waals surface area (Å²) in [5.74, 6) is -1.66. The third-order valence-corrected chi connectivity index (χ3v) is 3.01. The summed E-state index contributed by atoms with van der Waals surface area (Å²) in [5.41, 5.74) is 0.0463. The van der Waals surface area contributed by atoms with Crippen molar-refractivity contribution in [2.45, 2.75) is 13.0 Å². The maximum Gasteiger partial charge on any atom is 0.264 e. The van der Waals surface area contributed by atoms with E-state index in [-0.39, 0.29) is 0 Å². The molecule has 0 atom stereocenters. The summed E-state index contributed by atoms with van der Waals surface area (Å²) in [7, 11) is -0.111. The Labute approximate surface area is 123 Å². The number of nitrogens with zero attached hydrogens (tertiary/aromatic N) is 2. The molecule has 0 aliphatic carbocycles. The Kier molecular flexibility index (Phi) is 6.22. The fourth-order valence-electron chi connectivity index (χ4n) is 1.52. The number of hydrogen-bond donors (Lipinski definition) is 0. The van der Waals surface area contributed by atoms with E-state index in [1.54, 1.807) is 11.2 Å². The molecule has 0 aliphatic rings. The van der Waals surface area contributed by atoms with E-state index in [1.807, 2.05) is 14.1 Å².